The van der Waals surface area contributed by atoms with Crippen molar-refractivity contribution in [3.8, 4) is 11.5 Å². The number of nitrogens with one attached hydrogen (secondary N) is 2. The maximum atomic E-state index is 12.4. The lowest BCUT2D eigenvalue weighted by molar-refractivity contribution is 0.0789. The molecule has 0 fully saturated rings. The first-order valence-electron chi connectivity index (χ1n) is 9.32. The van der Waals surface area contributed by atoms with Crippen molar-refractivity contribution in [3.63, 3.8) is 0 Å². The SMILES string of the molecule is O=C(NC[C@H]1COc2ccccc2O1)c1ccc(NC(=O)c2ccccc2)cc1. The Morgan fingerprint density at radius 3 is 2.21 bits per heavy atom. The molecule has 6 heteroatoms. The lowest BCUT2D eigenvalue weighted by atomic mass is 10.1. The van der Waals surface area contributed by atoms with Crippen LogP contribution in [0.3, 0.4) is 0 Å². The fraction of sp³-hybridized carbons (Fsp3) is 0.130. The highest BCUT2D eigenvalue weighted by atomic mass is 16.6. The highest BCUT2D eigenvalue weighted by Crippen LogP contribution is 2.30. The molecular formula is C23H20N2O4. The number of carbonyl (C=O) groups excluding carboxylic acids is 2. The van der Waals surface area contributed by atoms with Crippen molar-refractivity contribution in [3.05, 3.63) is 90.0 Å². The van der Waals surface area contributed by atoms with Gasteiger partial charge in [-0.05, 0) is 48.5 Å². The van der Waals surface area contributed by atoms with Gasteiger partial charge in [0.15, 0.2) is 11.5 Å². The van der Waals surface area contributed by atoms with Crippen LogP contribution in [-0.4, -0.2) is 31.1 Å². The van der Waals surface area contributed by atoms with E-state index in [1.165, 1.54) is 0 Å². The Morgan fingerprint density at radius 1 is 0.793 bits per heavy atom. The average Bonchev–Trinajstić information content (AvgIpc) is 2.78. The second-order valence-electron chi connectivity index (χ2n) is 6.61. The summed E-state index contributed by atoms with van der Waals surface area (Å²) in [7, 11) is 0. The minimum Gasteiger partial charge on any atom is -0.486 e. The van der Waals surface area contributed by atoms with Crippen molar-refractivity contribution >= 4 is 17.5 Å². The van der Waals surface area contributed by atoms with Crippen molar-refractivity contribution < 1.29 is 19.1 Å². The zero-order chi connectivity index (χ0) is 20.1. The number of hydrogen-bond acceptors (Lipinski definition) is 4. The summed E-state index contributed by atoms with van der Waals surface area (Å²) in [4.78, 5) is 24.6. The number of anilines is 1. The molecule has 146 valence electrons. The van der Waals surface area contributed by atoms with Crippen molar-refractivity contribution in [2.24, 2.45) is 0 Å². The van der Waals surface area contributed by atoms with E-state index in [1.807, 2.05) is 42.5 Å². The number of amides is 2. The number of fused-ring (bicyclic) bond motifs is 1. The maximum absolute atomic E-state index is 12.4. The second-order valence-corrected chi connectivity index (χ2v) is 6.61. The zero-order valence-corrected chi connectivity index (χ0v) is 15.6. The maximum Gasteiger partial charge on any atom is 0.255 e. The van der Waals surface area contributed by atoms with Gasteiger partial charge in [0, 0.05) is 16.8 Å². The van der Waals surface area contributed by atoms with Gasteiger partial charge in [-0.1, -0.05) is 30.3 Å². The lowest BCUT2D eigenvalue weighted by Gasteiger charge is -2.26. The molecule has 0 spiro atoms. The largest absolute Gasteiger partial charge is 0.486 e. The number of carbonyl (C=O) groups is 2. The minimum absolute atomic E-state index is 0.197. The van der Waals surface area contributed by atoms with E-state index >= 15 is 0 Å². The van der Waals surface area contributed by atoms with Gasteiger partial charge in [0.2, 0.25) is 0 Å². The van der Waals surface area contributed by atoms with Crippen LogP contribution in [0.1, 0.15) is 20.7 Å². The highest BCUT2D eigenvalue weighted by Gasteiger charge is 2.21. The summed E-state index contributed by atoms with van der Waals surface area (Å²) in [6.07, 6.45) is -0.252. The Morgan fingerprint density at radius 2 is 1.45 bits per heavy atom. The molecule has 6 nitrogen and oxygen atoms in total. The van der Waals surface area contributed by atoms with Crippen LogP contribution >= 0.6 is 0 Å². The molecule has 0 saturated carbocycles. The molecule has 29 heavy (non-hydrogen) atoms. The number of hydrogen-bond donors (Lipinski definition) is 2. The standard InChI is InChI=1S/C23H20N2O4/c26-22(24-14-19-15-28-20-8-4-5-9-21(20)29-19)17-10-12-18(13-11-17)25-23(27)16-6-2-1-3-7-16/h1-13,19H,14-15H2,(H,24,26)(H,25,27)/t19-/m0/s1. The Hall–Kier alpha value is -3.80. The van der Waals surface area contributed by atoms with E-state index in [4.69, 9.17) is 9.47 Å². The van der Waals surface area contributed by atoms with Crippen LogP contribution in [0.5, 0.6) is 11.5 Å². The third kappa shape index (κ3) is 4.55. The van der Waals surface area contributed by atoms with Gasteiger partial charge in [-0.2, -0.15) is 0 Å². The van der Waals surface area contributed by atoms with E-state index in [0.29, 0.717) is 41.5 Å². The quantitative estimate of drug-likeness (QED) is 0.701. The van der Waals surface area contributed by atoms with Gasteiger partial charge in [0.25, 0.3) is 11.8 Å². The van der Waals surface area contributed by atoms with Crippen LogP contribution in [0.4, 0.5) is 5.69 Å². The number of rotatable bonds is 5. The summed E-state index contributed by atoms with van der Waals surface area (Å²) < 4.78 is 11.5. The highest BCUT2D eigenvalue weighted by molar-refractivity contribution is 6.04. The molecule has 3 aromatic rings. The van der Waals surface area contributed by atoms with E-state index in [9.17, 15) is 9.59 Å². The first kappa shape index (κ1) is 18.6. The third-order valence-corrected chi connectivity index (χ3v) is 4.50. The molecule has 0 bridgehead atoms. The minimum atomic E-state index is -0.252. The van der Waals surface area contributed by atoms with Gasteiger partial charge >= 0.3 is 0 Å². The van der Waals surface area contributed by atoms with E-state index in [2.05, 4.69) is 10.6 Å². The Kier molecular flexibility index (Phi) is 5.42. The summed E-state index contributed by atoms with van der Waals surface area (Å²) in [5, 5.41) is 5.66. The van der Waals surface area contributed by atoms with Crippen molar-refractivity contribution in [1.29, 1.82) is 0 Å². The van der Waals surface area contributed by atoms with Gasteiger partial charge in [0.05, 0.1) is 6.54 Å². The molecule has 4 rings (SSSR count). The molecule has 3 aromatic carbocycles. The first-order chi connectivity index (χ1) is 14.2. The van der Waals surface area contributed by atoms with Crippen LogP contribution in [0.25, 0.3) is 0 Å². The Labute approximate surface area is 168 Å². The number of benzene rings is 3. The number of ether oxygens (including phenoxy) is 2. The van der Waals surface area contributed by atoms with Gasteiger partial charge in [-0.3, -0.25) is 9.59 Å². The van der Waals surface area contributed by atoms with Gasteiger partial charge in [-0.25, -0.2) is 0 Å². The fourth-order valence-electron chi connectivity index (χ4n) is 2.97. The molecule has 0 aliphatic carbocycles. The summed E-state index contributed by atoms with van der Waals surface area (Å²) >= 11 is 0. The van der Waals surface area contributed by atoms with Crippen LogP contribution < -0.4 is 20.1 Å². The molecular weight excluding hydrogens is 368 g/mol. The van der Waals surface area contributed by atoms with Crippen LogP contribution in [0, 0.1) is 0 Å². The molecule has 0 saturated heterocycles. The molecule has 1 heterocycles. The topological polar surface area (TPSA) is 76.7 Å². The van der Waals surface area contributed by atoms with Crippen LogP contribution in [0.2, 0.25) is 0 Å². The normalized spacial score (nSPS) is 14.7. The van der Waals surface area contributed by atoms with Crippen LogP contribution in [-0.2, 0) is 0 Å². The Balaban J connectivity index is 1.30. The monoisotopic (exact) mass is 388 g/mol. The van der Waals surface area contributed by atoms with E-state index in [0.717, 1.165) is 0 Å². The molecule has 0 unspecified atom stereocenters. The van der Waals surface area contributed by atoms with Crippen molar-refractivity contribution in [2.45, 2.75) is 6.10 Å². The van der Waals surface area contributed by atoms with Gasteiger partial charge in [-0.15, -0.1) is 0 Å². The average molecular weight is 388 g/mol. The molecule has 0 aromatic heterocycles. The first-order valence-corrected chi connectivity index (χ1v) is 9.32. The van der Waals surface area contributed by atoms with E-state index in [-0.39, 0.29) is 17.9 Å². The number of para-hydroxylation sites is 2. The van der Waals surface area contributed by atoms with Crippen LogP contribution in [0.15, 0.2) is 78.9 Å². The molecule has 2 amide bonds. The zero-order valence-electron chi connectivity index (χ0n) is 15.6. The van der Waals surface area contributed by atoms with Gasteiger partial charge in [0.1, 0.15) is 12.7 Å². The van der Waals surface area contributed by atoms with Crippen molar-refractivity contribution in [1.82, 2.24) is 5.32 Å². The second kappa shape index (κ2) is 8.48. The summed E-state index contributed by atoms with van der Waals surface area (Å²) in [5.41, 5.74) is 1.70. The van der Waals surface area contributed by atoms with E-state index in [1.54, 1.807) is 36.4 Å². The summed E-state index contributed by atoms with van der Waals surface area (Å²) in [5.74, 6) is 0.977. The summed E-state index contributed by atoms with van der Waals surface area (Å²) in [6, 6.07) is 23.1. The molecule has 1 aliphatic heterocycles. The molecule has 1 atom stereocenters. The molecule has 1 aliphatic rings. The Bertz CT molecular complexity index is 1000. The predicted molar refractivity (Wildman–Crippen MR) is 110 cm³/mol. The predicted octanol–water partition coefficient (Wildman–Crippen LogP) is 3.51. The smallest absolute Gasteiger partial charge is 0.255 e. The third-order valence-electron chi connectivity index (χ3n) is 4.50. The lowest BCUT2D eigenvalue weighted by Crippen LogP contribution is -2.40. The van der Waals surface area contributed by atoms with E-state index < -0.39 is 0 Å². The summed E-state index contributed by atoms with van der Waals surface area (Å²) in [6.45, 7) is 0.710. The fourth-order valence-corrected chi connectivity index (χ4v) is 2.97. The molecule has 2 N–H and O–H groups in total. The molecule has 0 radical (unpaired) electrons. The van der Waals surface area contributed by atoms with Crippen molar-refractivity contribution in [2.75, 3.05) is 18.5 Å². The van der Waals surface area contributed by atoms with Gasteiger partial charge < -0.3 is 20.1 Å².